The number of piperazine rings is 1. The highest BCUT2D eigenvalue weighted by Gasteiger charge is 2.26. The van der Waals surface area contributed by atoms with E-state index in [0.717, 1.165) is 22.0 Å². The molecule has 1 amide bonds. The van der Waals surface area contributed by atoms with Crippen molar-refractivity contribution in [1.29, 1.82) is 0 Å². The molecule has 8 heteroatoms. The van der Waals surface area contributed by atoms with E-state index in [1.807, 2.05) is 47.5 Å². The summed E-state index contributed by atoms with van der Waals surface area (Å²) >= 11 is 7.70. The molecule has 0 N–H and O–H groups in total. The van der Waals surface area contributed by atoms with Crippen molar-refractivity contribution < 1.29 is 9.53 Å². The molecule has 30 heavy (non-hydrogen) atoms. The third-order valence-electron chi connectivity index (χ3n) is 5.13. The molecule has 1 aliphatic heterocycles. The van der Waals surface area contributed by atoms with Crippen LogP contribution in [0.1, 0.15) is 12.5 Å². The molecular weight excluding hydrogens is 420 g/mol. The normalized spacial score (nSPS) is 15.2. The molecule has 2 aromatic heterocycles. The molecule has 1 unspecified atom stereocenters. The Labute approximate surface area is 185 Å². The van der Waals surface area contributed by atoms with Gasteiger partial charge < -0.3 is 14.5 Å². The molecular formula is C22H23ClN4O2S. The van der Waals surface area contributed by atoms with E-state index in [1.54, 1.807) is 30.4 Å². The Morgan fingerprint density at radius 3 is 2.57 bits per heavy atom. The van der Waals surface area contributed by atoms with Gasteiger partial charge >= 0.3 is 0 Å². The molecule has 156 valence electrons. The predicted molar refractivity (Wildman–Crippen MR) is 120 cm³/mol. The topological polar surface area (TPSA) is 58.6 Å². The quantitative estimate of drug-likeness (QED) is 0.590. The summed E-state index contributed by atoms with van der Waals surface area (Å²) in [5, 5.41) is 11.4. The van der Waals surface area contributed by atoms with E-state index in [4.69, 9.17) is 16.3 Å². The summed E-state index contributed by atoms with van der Waals surface area (Å²) in [4.78, 5) is 17.9. The summed E-state index contributed by atoms with van der Waals surface area (Å²) in [5.74, 6) is 1.47. The molecule has 4 rings (SSSR count). The number of hydrogen-bond acceptors (Lipinski definition) is 6. The number of ether oxygens (including phenoxy) is 1. The lowest BCUT2D eigenvalue weighted by molar-refractivity contribution is -0.138. The van der Waals surface area contributed by atoms with Crippen LogP contribution in [0.15, 0.2) is 47.8 Å². The van der Waals surface area contributed by atoms with Gasteiger partial charge in [-0.1, -0.05) is 17.7 Å². The highest BCUT2D eigenvalue weighted by molar-refractivity contribution is 7.13. The molecule has 0 aliphatic carbocycles. The number of thiophene rings is 1. The van der Waals surface area contributed by atoms with Crippen molar-refractivity contribution in [1.82, 2.24) is 15.1 Å². The third kappa shape index (κ3) is 4.57. The van der Waals surface area contributed by atoms with Gasteiger partial charge in [0.25, 0.3) is 5.91 Å². The first-order chi connectivity index (χ1) is 14.5. The Balaban J connectivity index is 1.32. The number of aromatic nitrogens is 2. The molecule has 3 aromatic rings. The number of nitrogens with zero attached hydrogens (tertiary/aromatic N) is 4. The average molecular weight is 443 g/mol. The molecule has 1 saturated heterocycles. The van der Waals surface area contributed by atoms with Gasteiger partial charge in [-0.15, -0.1) is 21.5 Å². The number of anilines is 1. The Bertz CT molecular complexity index is 1000. The van der Waals surface area contributed by atoms with Gasteiger partial charge in [-0.2, -0.15) is 0 Å². The minimum absolute atomic E-state index is 0.0126. The van der Waals surface area contributed by atoms with Crippen LogP contribution < -0.4 is 9.64 Å². The fraction of sp³-hybridized carbons (Fsp3) is 0.318. The van der Waals surface area contributed by atoms with Crippen LogP contribution in [0.25, 0.3) is 10.6 Å². The van der Waals surface area contributed by atoms with Crippen LogP contribution >= 0.6 is 22.9 Å². The van der Waals surface area contributed by atoms with Crippen LogP contribution in [0.4, 0.5) is 5.82 Å². The zero-order valence-corrected chi connectivity index (χ0v) is 18.5. The molecule has 6 nitrogen and oxygen atoms in total. The number of carbonyl (C=O) groups excluding carboxylic acids is 1. The first-order valence-electron chi connectivity index (χ1n) is 9.85. The highest BCUT2D eigenvalue weighted by atomic mass is 35.5. The zero-order valence-electron chi connectivity index (χ0n) is 16.9. The molecule has 1 aliphatic rings. The van der Waals surface area contributed by atoms with Crippen LogP contribution in [0.5, 0.6) is 5.75 Å². The Morgan fingerprint density at radius 2 is 1.93 bits per heavy atom. The largest absolute Gasteiger partial charge is 0.481 e. The molecule has 0 radical (unpaired) electrons. The van der Waals surface area contributed by atoms with Crippen molar-refractivity contribution in [3.8, 4) is 16.3 Å². The van der Waals surface area contributed by atoms with E-state index in [0.29, 0.717) is 37.0 Å². The smallest absolute Gasteiger partial charge is 0.263 e. The number of aryl methyl sites for hydroxylation is 1. The highest BCUT2D eigenvalue weighted by Crippen LogP contribution is 2.24. The van der Waals surface area contributed by atoms with E-state index in [-0.39, 0.29) is 5.91 Å². The predicted octanol–water partition coefficient (Wildman–Crippen LogP) is 4.28. The first-order valence-corrected chi connectivity index (χ1v) is 11.1. The van der Waals surface area contributed by atoms with Gasteiger partial charge in [-0.3, -0.25) is 4.79 Å². The minimum atomic E-state index is -0.554. The maximum atomic E-state index is 12.8. The number of rotatable bonds is 5. The second-order valence-corrected chi connectivity index (χ2v) is 8.59. The minimum Gasteiger partial charge on any atom is -0.481 e. The van der Waals surface area contributed by atoms with Crippen LogP contribution in [0.2, 0.25) is 5.02 Å². The molecule has 1 atom stereocenters. The molecule has 1 fully saturated rings. The second-order valence-electron chi connectivity index (χ2n) is 7.24. The van der Waals surface area contributed by atoms with Crippen molar-refractivity contribution in [3.05, 3.63) is 58.4 Å². The maximum Gasteiger partial charge on any atom is 0.263 e. The van der Waals surface area contributed by atoms with Crippen LogP contribution in [0, 0.1) is 6.92 Å². The molecule has 0 bridgehead atoms. The zero-order chi connectivity index (χ0) is 21.1. The third-order valence-corrected chi connectivity index (χ3v) is 6.45. The van der Waals surface area contributed by atoms with E-state index < -0.39 is 6.10 Å². The summed E-state index contributed by atoms with van der Waals surface area (Å²) in [7, 11) is 0. The molecule has 0 spiro atoms. The fourth-order valence-electron chi connectivity index (χ4n) is 3.41. The van der Waals surface area contributed by atoms with Gasteiger partial charge in [-0.25, -0.2) is 0 Å². The Kier molecular flexibility index (Phi) is 6.20. The van der Waals surface area contributed by atoms with Crippen molar-refractivity contribution in [2.24, 2.45) is 0 Å². The fourth-order valence-corrected chi connectivity index (χ4v) is 4.22. The SMILES string of the molecule is Cc1cc(OC(C)C(=O)N2CCN(c3ccc(-c4cccs4)nn3)CC2)ccc1Cl. The van der Waals surface area contributed by atoms with E-state index >= 15 is 0 Å². The van der Waals surface area contributed by atoms with E-state index in [1.165, 1.54) is 0 Å². The van der Waals surface area contributed by atoms with Crippen molar-refractivity contribution in [2.45, 2.75) is 20.0 Å². The summed E-state index contributed by atoms with van der Waals surface area (Å²) in [6, 6.07) is 13.5. The van der Waals surface area contributed by atoms with Gasteiger partial charge in [0, 0.05) is 31.2 Å². The van der Waals surface area contributed by atoms with E-state index in [2.05, 4.69) is 15.1 Å². The lowest BCUT2D eigenvalue weighted by Crippen LogP contribution is -2.52. The summed E-state index contributed by atoms with van der Waals surface area (Å²) in [6.07, 6.45) is -0.554. The molecule has 0 saturated carbocycles. The summed E-state index contributed by atoms with van der Waals surface area (Å²) in [6.45, 7) is 6.38. The standard InChI is InChI=1S/C22H23ClN4O2S/c1-15-14-17(5-6-18(15)23)29-16(2)22(28)27-11-9-26(10-12-27)21-8-7-19(24-25-21)20-4-3-13-30-20/h3-8,13-14,16H,9-12H2,1-2H3. The number of halogens is 1. The summed E-state index contributed by atoms with van der Waals surface area (Å²) < 4.78 is 5.84. The van der Waals surface area contributed by atoms with Crippen LogP contribution in [0.3, 0.4) is 0 Å². The first kappa shape index (κ1) is 20.6. The number of carbonyl (C=O) groups is 1. The van der Waals surface area contributed by atoms with Crippen molar-refractivity contribution in [3.63, 3.8) is 0 Å². The Morgan fingerprint density at radius 1 is 1.13 bits per heavy atom. The van der Waals surface area contributed by atoms with Crippen molar-refractivity contribution >= 4 is 34.7 Å². The number of hydrogen-bond donors (Lipinski definition) is 0. The van der Waals surface area contributed by atoms with Gasteiger partial charge in [-0.05, 0) is 61.2 Å². The Hall–Kier alpha value is -2.64. The maximum absolute atomic E-state index is 12.8. The summed E-state index contributed by atoms with van der Waals surface area (Å²) in [5.41, 5.74) is 1.81. The lowest BCUT2D eigenvalue weighted by Gasteiger charge is -2.36. The van der Waals surface area contributed by atoms with Crippen LogP contribution in [-0.4, -0.2) is 53.3 Å². The van der Waals surface area contributed by atoms with Crippen LogP contribution in [-0.2, 0) is 4.79 Å². The number of benzene rings is 1. The molecule has 1 aromatic carbocycles. The second kappa shape index (κ2) is 9.02. The lowest BCUT2D eigenvalue weighted by atomic mass is 10.2. The number of amides is 1. The van der Waals surface area contributed by atoms with Gasteiger partial charge in [0.05, 0.1) is 4.88 Å². The van der Waals surface area contributed by atoms with Gasteiger partial charge in [0.2, 0.25) is 0 Å². The monoisotopic (exact) mass is 442 g/mol. The van der Waals surface area contributed by atoms with E-state index in [9.17, 15) is 4.79 Å². The van der Waals surface area contributed by atoms with Gasteiger partial charge in [0.15, 0.2) is 11.9 Å². The van der Waals surface area contributed by atoms with Crippen molar-refractivity contribution in [2.75, 3.05) is 31.1 Å². The average Bonchev–Trinajstić information content (AvgIpc) is 3.31. The van der Waals surface area contributed by atoms with Gasteiger partial charge in [0.1, 0.15) is 11.4 Å². The molecule has 3 heterocycles.